The second kappa shape index (κ2) is 6.93. The van der Waals surface area contributed by atoms with Gasteiger partial charge in [-0.1, -0.05) is 25.5 Å². The van der Waals surface area contributed by atoms with Gasteiger partial charge in [-0.15, -0.1) is 0 Å². The van der Waals surface area contributed by atoms with Crippen molar-refractivity contribution in [3.05, 3.63) is 63.2 Å². The van der Waals surface area contributed by atoms with E-state index in [1.165, 1.54) is 12.1 Å². The molecule has 0 aliphatic rings. The number of ether oxygens (including phenoxy) is 1. The molecule has 0 fully saturated rings. The Morgan fingerprint density at radius 1 is 1.18 bits per heavy atom. The number of aromatic hydroxyl groups is 1. The fourth-order valence-electron chi connectivity index (χ4n) is 2.44. The first-order chi connectivity index (χ1) is 10.5. The molecular formula is C17H19NO4. The summed E-state index contributed by atoms with van der Waals surface area (Å²) in [5.74, 6) is 0.501. The molecule has 0 heterocycles. The van der Waals surface area contributed by atoms with Crippen molar-refractivity contribution in [2.45, 2.75) is 26.2 Å². The molecule has 22 heavy (non-hydrogen) atoms. The lowest BCUT2D eigenvalue weighted by Gasteiger charge is -2.10. The van der Waals surface area contributed by atoms with Crippen LogP contribution >= 0.6 is 0 Å². The van der Waals surface area contributed by atoms with Crippen LogP contribution in [-0.2, 0) is 12.8 Å². The van der Waals surface area contributed by atoms with Gasteiger partial charge in [-0.05, 0) is 47.7 Å². The maximum atomic E-state index is 11.0. The Hall–Kier alpha value is -2.56. The van der Waals surface area contributed by atoms with Crippen molar-refractivity contribution in [2.24, 2.45) is 0 Å². The first-order valence-electron chi connectivity index (χ1n) is 7.17. The second-order valence-electron chi connectivity index (χ2n) is 5.14. The van der Waals surface area contributed by atoms with Gasteiger partial charge in [-0.2, -0.15) is 0 Å². The van der Waals surface area contributed by atoms with E-state index >= 15 is 0 Å². The van der Waals surface area contributed by atoms with Crippen molar-refractivity contribution in [1.82, 2.24) is 0 Å². The molecular weight excluding hydrogens is 282 g/mol. The highest BCUT2D eigenvalue weighted by Gasteiger charge is 2.17. The van der Waals surface area contributed by atoms with Gasteiger partial charge in [0.15, 0.2) is 5.75 Å². The van der Waals surface area contributed by atoms with Gasteiger partial charge in [-0.3, -0.25) is 10.1 Å². The Kier molecular flexibility index (Phi) is 4.99. The minimum absolute atomic E-state index is 0.247. The van der Waals surface area contributed by atoms with E-state index in [1.807, 2.05) is 31.2 Å². The van der Waals surface area contributed by atoms with Crippen molar-refractivity contribution >= 4 is 5.69 Å². The van der Waals surface area contributed by atoms with Crippen molar-refractivity contribution < 1.29 is 14.8 Å². The van der Waals surface area contributed by atoms with Crippen molar-refractivity contribution in [1.29, 1.82) is 0 Å². The van der Waals surface area contributed by atoms with Gasteiger partial charge in [0, 0.05) is 6.07 Å². The van der Waals surface area contributed by atoms with Gasteiger partial charge in [0.2, 0.25) is 0 Å². The monoisotopic (exact) mass is 301 g/mol. The van der Waals surface area contributed by atoms with Crippen LogP contribution in [0.1, 0.15) is 30.0 Å². The average molecular weight is 301 g/mol. The number of methoxy groups -OCH3 is 1. The highest BCUT2D eigenvalue weighted by atomic mass is 16.6. The summed E-state index contributed by atoms with van der Waals surface area (Å²) in [5.41, 5.74) is 2.61. The van der Waals surface area contributed by atoms with Gasteiger partial charge in [0.1, 0.15) is 5.75 Å². The van der Waals surface area contributed by atoms with E-state index in [4.69, 9.17) is 4.74 Å². The second-order valence-corrected chi connectivity index (χ2v) is 5.14. The topological polar surface area (TPSA) is 72.6 Å². The zero-order valence-electron chi connectivity index (χ0n) is 12.7. The molecule has 1 N–H and O–H groups in total. The summed E-state index contributed by atoms with van der Waals surface area (Å²) < 4.78 is 5.13. The standard InChI is InChI=1S/C17H19NO4/c1-3-4-13-11-17(19)16(18(20)21)10-14(13)9-12-5-7-15(22-2)8-6-12/h5-8,10-11,19H,3-4,9H2,1-2H3. The van der Waals surface area contributed by atoms with E-state index in [1.54, 1.807) is 7.11 Å². The molecule has 2 aromatic carbocycles. The van der Waals surface area contributed by atoms with Gasteiger partial charge >= 0.3 is 5.69 Å². The Morgan fingerprint density at radius 2 is 1.86 bits per heavy atom. The van der Waals surface area contributed by atoms with Crippen molar-refractivity contribution in [2.75, 3.05) is 7.11 Å². The molecule has 0 bridgehead atoms. The molecule has 0 unspecified atom stereocenters. The van der Waals surface area contributed by atoms with Gasteiger partial charge in [-0.25, -0.2) is 0 Å². The molecule has 0 amide bonds. The van der Waals surface area contributed by atoms with Crippen LogP contribution in [-0.4, -0.2) is 17.1 Å². The molecule has 5 heteroatoms. The molecule has 0 saturated heterocycles. The number of benzene rings is 2. The lowest BCUT2D eigenvalue weighted by molar-refractivity contribution is -0.385. The van der Waals surface area contributed by atoms with Gasteiger partial charge in [0.25, 0.3) is 0 Å². The number of phenols is 1. The van der Waals surface area contributed by atoms with Crippen LogP contribution in [0.15, 0.2) is 36.4 Å². The highest BCUT2D eigenvalue weighted by molar-refractivity contribution is 5.52. The first kappa shape index (κ1) is 15.8. The Morgan fingerprint density at radius 3 is 2.41 bits per heavy atom. The van der Waals surface area contributed by atoms with E-state index in [9.17, 15) is 15.2 Å². The number of nitro benzene ring substituents is 1. The molecule has 0 saturated carbocycles. The molecule has 2 rings (SSSR count). The molecule has 0 radical (unpaired) electrons. The highest BCUT2D eigenvalue weighted by Crippen LogP contribution is 2.31. The Labute approximate surface area is 129 Å². The van der Waals surface area contributed by atoms with E-state index in [0.717, 1.165) is 35.3 Å². The van der Waals surface area contributed by atoms with E-state index in [-0.39, 0.29) is 11.4 Å². The number of aryl methyl sites for hydroxylation is 1. The zero-order valence-corrected chi connectivity index (χ0v) is 12.7. The molecule has 116 valence electrons. The minimum Gasteiger partial charge on any atom is -0.502 e. The van der Waals surface area contributed by atoms with Gasteiger partial charge < -0.3 is 9.84 Å². The van der Waals surface area contributed by atoms with Crippen molar-refractivity contribution in [3.8, 4) is 11.5 Å². The minimum atomic E-state index is -0.553. The largest absolute Gasteiger partial charge is 0.502 e. The fourth-order valence-corrected chi connectivity index (χ4v) is 2.44. The molecule has 2 aromatic rings. The SMILES string of the molecule is CCCc1cc(O)c([N+](=O)[O-])cc1Cc1ccc(OC)cc1. The number of hydrogen-bond acceptors (Lipinski definition) is 4. The number of rotatable bonds is 6. The maximum absolute atomic E-state index is 11.0. The van der Waals surface area contributed by atoms with E-state index < -0.39 is 4.92 Å². The predicted molar refractivity (Wildman–Crippen MR) is 84.6 cm³/mol. The summed E-state index contributed by atoms with van der Waals surface area (Å²) >= 11 is 0. The number of nitrogens with zero attached hydrogens (tertiary/aromatic N) is 1. The van der Waals surface area contributed by atoms with E-state index in [2.05, 4.69) is 0 Å². The summed E-state index contributed by atoms with van der Waals surface area (Å²) in [6, 6.07) is 10.6. The first-order valence-corrected chi connectivity index (χ1v) is 7.17. The third kappa shape index (κ3) is 3.55. The molecule has 0 aliphatic carbocycles. The zero-order chi connectivity index (χ0) is 16.1. The number of nitro groups is 1. The van der Waals surface area contributed by atoms with Crippen LogP contribution in [0.5, 0.6) is 11.5 Å². The molecule has 5 nitrogen and oxygen atoms in total. The molecule has 0 aliphatic heterocycles. The third-order valence-electron chi connectivity index (χ3n) is 3.57. The normalized spacial score (nSPS) is 10.5. The third-order valence-corrected chi connectivity index (χ3v) is 3.57. The molecule has 0 atom stereocenters. The van der Waals surface area contributed by atoms with Crippen LogP contribution in [0, 0.1) is 10.1 Å². The summed E-state index contributed by atoms with van der Waals surface area (Å²) in [7, 11) is 1.61. The molecule has 0 spiro atoms. The van der Waals surface area contributed by atoms with Crippen LogP contribution in [0.4, 0.5) is 5.69 Å². The van der Waals surface area contributed by atoms with Crippen LogP contribution < -0.4 is 4.74 Å². The predicted octanol–water partition coefficient (Wildman–Crippen LogP) is 3.85. The average Bonchev–Trinajstić information content (AvgIpc) is 2.50. The lowest BCUT2D eigenvalue weighted by atomic mass is 9.96. The van der Waals surface area contributed by atoms with Crippen LogP contribution in [0.25, 0.3) is 0 Å². The molecule has 0 aromatic heterocycles. The summed E-state index contributed by atoms with van der Waals surface area (Å²) in [4.78, 5) is 10.5. The van der Waals surface area contributed by atoms with Crippen LogP contribution in [0.2, 0.25) is 0 Å². The fraction of sp³-hybridized carbons (Fsp3) is 0.294. The Balaban J connectivity index is 2.37. The smallest absolute Gasteiger partial charge is 0.310 e. The van der Waals surface area contributed by atoms with Gasteiger partial charge in [0.05, 0.1) is 12.0 Å². The Bertz CT molecular complexity index is 665. The number of hydrogen-bond donors (Lipinski definition) is 1. The van der Waals surface area contributed by atoms with E-state index in [0.29, 0.717) is 6.42 Å². The number of phenolic OH excluding ortho intramolecular Hbond substituents is 1. The van der Waals surface area contributed by atoms with Crippen molar-refractivity contribution in [3.63, 3.8) is 0 Å². The summed E-state index contributed by atoms with van der Waals surface area (Å²) in [6.07, 6.45) is 2.27. The lowest BCUT2D eigenvalue weighted by Crippen LogP contribution is -1.99. The maximum Gasteiger partial charge on any atom is 0.310 e. The summed E-state index contributed by atoms with van der Waals surface area (Å²) in [5, 5.41) is 20.8. The van der Waals surface area contributed by atoms with Crippen LogP contribution in [0.3, 0.4) is 0 Å². The quantitative estimate of drug-likeness (QED) is 0.649. The summed E-state index contributed by atoms with van der Waals surface area (Å²) in [6.45, 7) is 2.04.